The summed E-state index contributed by atoms with van der Waals surface area (Å²) in [6, 6.07) is 15.2. The highest BCUT2D eigenvalue weighted by atomic mass is 32.1. The average Bonchev–Trinajstić information content (AvgIpc) is 2.68. The number of benzene rings is 1. The lowest BCUT2D eigenvalue weighted by molar-refractivity contribution is -0.138. The first-order valence-corrected chi connectivity index (χ1v) is 8.59. The molecule has 0 aliphatic carbocycles. The molecule has 0 fully saturated rings. The van der Waals surface area contributed by atoms with Gasteiger partial charge in [-0.2, -0.15) is 5.26 Å². The molecule has 130 valence electrons. The Hall–Kier alpha value is -3.04. The summed E-state index contributed by atoms with van der Waals surface area (Å²) in [6.45, 7) is 1.99. The molecule has 26 heavy (non-hydrogen) atoms. The number of esters is 1. The van der Waals surface area contributed by atoms with E-state index in [-0.39, 0.29) is 6.61 Å². The summed E-state index contributed by atoms with van der Waals surface area (Å²) in [7, 11) is 0. The molecular weight excluding hydrogens is 346 g/mol. The molecule has 2 heterocycles. The lowest BCUT2D eigenvalue weighted by atomic mass is 9.82. The number of dihydropyridines is 1. The number of ether oxygens (including phenoxy) is 1. The predicted molar refractivity (Wildman–Crippen MR) is 102 cm³/mol. The van der Waals surface area contributed by atoms with Gasteiger partial charge in [-0.15, -0.1) is 12.6 Å². The minimum absolute atomic E-state index is 0.240. The molecule has 1 unspecified atom stereocenters. The topological polar surface area (TPSA) is 75.0 Å². The summed E-state index contributed by atoms with van der Waals surface area (Å²) in [6.07, 6.45) is 3.30. The Morgan fingerprint density at radius 2 is 2.08 bits per heavy atom. The van der Waals surface area contributed by atoms with Crippen molar-refractivity contribution in [3.63, 3.8) is 0 Å². The van der Waals surface area contributed by atoms with Crippen molar-refractivity contribution in [2.75, 3.05) is 6.61 Å². The average molecular weight is 363 g/mol. The van der Waals surface area contributed by atoms with E-state index >= 15 is 0 Å². The minimum atomic E-state index is -0.600. The normalized spacial score (nSPS) is 16.7. The van der Waals surface area contributed by atoms with Gasteiger partial charge in [0.15, 0.2) is 0 Å². The molecule has 5 nitrogen and oxygen atoms in total. The van der Waals surface area contributed by atoms with Crippen LogP contribution in [0.4, 0.5) is 0 Å². The smallest absolute Gasteiger partial charge is 0.337 e. The number of aromatic nitrogens is 1. The molecule has 1 aliphatic rings. The number of nitrogens with zero attached hydrogens (tertiary/aromatic N) is 2. The van der Waals surface area contributed by atoms with Crippen LogP contribution >= 0.6 is 12.6 Å². The largest absolute Gasteiger partial charge is 0.463 e. The van der Waals surface area contributed by atoms with E-state index in [1.165, 1.54) is 0 Å². The van der Waals surface area contributed by atoms with Gasteiger partial charge < -0.3 is 10.1 Å². The molecule has 0 saturated heterocycles. The van der Waals surface area contributed by atoms with Crippen molar-refractivity contribution in [2.45, 2.75) is 12.8 Å². The molecule has 0 bridgehead atoms. The number of thiol groups is 1. The van der Waals surface area contributed by atoms with E-state index in [1.54, 1.807) is 25.4 Å². The third kappa shape index (κ3) is 3.35. The first-order chi connectivity index (χ1) is 12.7. The summed E-state index contributed by atoms with van der Waals surface area (Å²) in [5, 5.41) is 13.2. The lowest BCUT2D eigenvalue weighted by Gasteiger charge is -2.29. The first kappa shape index (κ1) is 17.8. The Labute approximate surface area is 157 Å². The SMILES string of the molecule is CCOC(=O)C1=C(c2ccccc2)NC(S)=C(C#N)C1c1cccnc1. The highest BCUT2D eigenvalue weighted by molar-refractivity contribution is 7.84. The van der Waals surface area contributed by atoms with Gasteiger partial charge in [-0.25, -0.2) is 4.79 Å². The molecule has 1 aliphatic heterocycles. The monoisotopic (exact) mass is 363 g/mol. The zero-order chi connectivity index (χ0) is 18.5. The molecule has 1 N–H and O–H groups in total. The van der Waals surface area contributed by atoms with Crippen LogP contribution in [0.5, 0.6) is 0 Å². The summed E-state index contributed by atoms with van der Waals surface area (Å²) in [5.74, 6) is -1.07. The predicted octanol–water partition coefficient (Wildman–Crippen LogP) is 3.41. The van der Waals surface area contributed by atoms with E-state index < -0.39 is 11.9 Å². The number of pyridine rings is 1. The fraction of sp³-hybridized carbons (Fsp3) is 0.150. The number of rotatable bonds is 4. The van der Waals surface area contributed by atoms with Crippen molar-refractivity contribution >= 4 is 24.3 Å². The van der Waals surface area contributed by atoms with Gasteiger partial charge in [0.25, 0.3) is 0 Å². The van der Waals surface area contributed by atoms with Crippen LogP contribution in [0.1, 0.15) is 24.0 Å². The van der Waals surface area contributed by atoms with Crippen LogP contribution < -0.4 is 5.32 Å². The Morgan fingerprint density at radius 3 is 2.69 bits per heavy atom. The number of allylic oxidation sites excluding steroid dienone is 1. The van der Waals surface area contributed by atoms with Crippen LogP contribution in [-0.4, -0.2) is 17.6 Å². The van der Waals surface area contributed by atoms with E-state index in [0.717, 1.165) is 11.1 Å². The van der Waals surface area contributed by atoms with Gasteiger partial charge in [0.2, 0.25) is 0 Å². The number of nitriles is 1. The van der Waals surface area contributed by atoms with Gasteiger partial charge in [0.05, 0.1) is 40.5 Å². The molecule has 1 aromatic carbocycles. The lowest BCUT2D eigenvalue weighted by Crippen LogP contribution is -2.28. The first-order valence-electron chi connectivity index (χ1n) is 8.14. The molecule has 2 aromatic rings. The van der Waals surface area contributed by atoms with Crippen molar-refractivity contribution in [3.8, 4) is 6.07 Å². The minimum Gasteiger partial charge on any atom is -0.463 e. The van der Waals surface area contributed by atoms with Crippen LogP contribution in [0.2, 0.25) is 0 Å². The highest BCUT2D eigenvalue weighted by Crippen LogP contribution is 2.41. The van der Waals surface area contributed by atoms with Crippen LogP contribution in [0.15, 0.2) is 71.0 Å². The number of carbonyl (C=O) groups excluding carboxylic acids is 1. The molecular formula is C20H17N3O2S. The summed E-state index contributed by atoms with van der Waals surface area (Å²) < 4.78 is 5.30. The van der Waals surface area contributed by atoms with E-state index in [4.69, 9.17) is 4.74 Å². The maximum absolute atomic E-state index is 12.8. The van der Waals surface area contributed by atoms with Gasteiger partial charge in [0.1, 0.15) is 0 Å². The Balaban J connectivity index is 2.27. The number of nitrogens with one attached hydrogen (secondary N) is 1. The second-order valence-electron chi connectivity index (χ2n) is 5.59. The standard InChI is InChI=1S/C20H17N3O2S/c1-2-25-20(24)17-16(14-9-6-10-22-12-14)15(11-21)19(26)23-18(17)13-7-4-3-5-8-13/h3-10,12,16,23,26H,2H2,1H3. The van der Waals surface area contributed by atoms with Crippen molar-refractivity contribution in [1.29, 1.82) is 5.26 Å². The van der Waals surface area contributed by atoms with Crippen molar-refractivity contribution in [2.24, 2.45) is 0 Å². The zero-order valence-corrected chi connectivity index (χ0v) is 15.0. The van der Waals surface area contributed by atoms with Gasteiger partial charge in [-0.3, -0.25) is 4.98 Å². The van der Waals surface area contributed by atoms with E-state index in [2.05, 4.69) is 29.0 Å². The van der Waals surface area contributed by atoms with Gasteiger partial charge in [-0.1, -0.05) is 36.4 Å². The second-order valence-corrected chi connectivity index (χ2v) is 6.04. The molecule has 1 atom stereocenters. The number of carbonyl (C=O) groups is 1. The molecule has 0 saturated carbocycles. The third-order valence-electron chi connectivity index (χ3n) is 4.04. The maximum Gasteiger partial charge on any atom is 0.337 e. The Kier molecular flexibility index (Phi) is 5.40. The molecule has 0 amide bonds. The van der Waals surface area contributed by atoms with Crippen LogP contribution in [0.3, 0.4) is 0 Å². The molecule has 6 heteroatoms. The van der Waals surface area contributed by atoms with Crippen LogP contribution in [0.25, 0.3) is 5.70 Å². The second kappa shape index (κ2) is 7.89. The zero-order valence-electron chi connectivity index (χ0n) is 14.1. The van der Waals surface area contributed by atoms with Gasteiger partial charge >= 0.3 is 5.97 Å². The highest BCUT2D eigenvalue weighted by Gasteiger charge is 2.36. The molecule has 3 rings (SSSR count). The van der Waals surface area contributed by atoms with E-state index in [0.29, 0.717) is 21.9 Å². The molecule has 1 aromatic heterocycles. The summed E-state index contributed by atoms with van der Waals surface area (Å²) >= 11 is 4.46. The van der Waals surface area contributed by atoms with Crippen molar-refractivity contribution in [3.05, 3.63) is 82.2 Å². The van der Waals surface area contributed by atoms with Crippen LogP contribution in [0, 0.1) is 11.3 Å². The van der Waals surface area contributed by atoms with Crippen molar-refractivity contribution in [1.82, 2.24) is 10.3 Å². The fourth-order valence-corrected chi connectivity index (χ4v) is 3.23. The number of hydrogen-bond donors (Lipinski definition) is 2. The quantitative estimate of drug-likeness (QED) is 0.643. The maximum atomic E-state index is 12.8. The molecule has 0 radical (unpaired) electrons. The third-order valence-corrected chi connectivity index (χ3v) is 4.39. The molecule has 0 spiro atoms. The van der Waals surface area contributed by atoms with E-state index in [9.17, 15) is 10.1 Å². The van der Waals surface area contributed by atoms with Gasteiger partial charge in [0, 0.05) is 12.4 Å². The summed E-state index contributed by atoms with van der Waals surface area (Å²) in [4.78, 5) is 17.0. The fourth-order valence-electron chi connectivity index (χ4n) is 2.94. The van der Waals surface area contributed by atoms with Gasteiger partial charge in [-0.05, 0) is 24.1 Å². The van der Waals surface area contributed by atoms with E-state index in [1.807, 2.05) is 36.4 Å². The Bertz CT molecular complexity index is 915. The number of hydrogen-bond acceptors (Lipinski definition) is 6. The summed E-state index contributed by atoms with van der Waals surface area (Å²) in [5.41, 5.74) is 2.85. The van der Waals surface area contributed by atoms with Crippen molar-refractivity contribution < 1.29 is 9.53 Å². The Morgan fingerprint density at radius 1 is 1.31 bits per heavy atom. The van der Waals surface area contributed by atoms with Crippen LogP contribution in [-0.2, 0) is 9.53 Å².